The third kappa shape index (κ3) is 5.19. The van der Waals surface area contributed by atoms with Gasteiger partial charge >= 0.3 is 5.97 Å². The van der Waals surface area contributed by atoms with E-state index in [1.54, 1.807) is 49.6 Å². The molecule has 2 aromatic carbocycles. The summed E-state index contributed by atoms with van der Waals surface area (Å²) in [6.07, 6.45) is 3.54. The van der Waals surface area contributed by atoms with Crippen LogP contribution in [0.5, 0.6) is 23.0 Å². The molecule has 0 atom stereocenters. The van der Waals surface area contributed by atoms with Crippen LogP contribution in [0.3, 0.4) is 0 Å². The second kappa shape index (κ2) is 10.3. The molecule has 0 radical (unpaired) electrons. The van der Waals surface area contributed by atoms with Crippen molar-refractivity contribution in [2.45, 2.75) is 19.8 Å². The van der Waals surface area contributed by atoms with Gasteiger partial charge in [0.1, 0.15) is 0 Å². The molecule has 0 aliphatic rings. The summed E-state index contributed by atoms with van der Waals surface area (Å²) in [7, 11) is 4.61. The molecule has 0 aliphatic carbocycles. The lowest BCUT2D eigenvalue weighted by Gasteiger charge is -2.12. The standard InChI is InChI=1S/C22H26O6/c1-5-6-11-28-21-13-15(7-9-19(21)26-3)12-17(22(23)24)16-8-10-18(25-2)20(14-16)27-4/h7-10,12-14H,5-6,11H2,1-4H3,(H,23,24)/b17-12-. The fourth-order valence-corrected chi connectivity index (χ4v) is 2.66. The van der Waals surface area contributed by atoms with Gasteiger partial charge < -0.3 is 24.1 Å². The molecule has 0 heterocycles. The van der Waals surface area contributed by atoms with E-state index in [0.29, 0.717) is 40.7 Å². The highest BCUT2D eigenvalue weighted by Crippen LogP contribution is 2.33. The molecule has 0 fully saturated rings. The van der Waals surface area contributed by atoms with E-state index in [1.165, 1.54) is 14.2 Å². The Labute approximate surface area is 165 Å². The van der Waals surface area contributed by atoms with Crippen molar-refractivity contribution < 1.29 is 28.8 Å². The highest BCUT2D eigenvalue weighted by Gasteiger charge is 2.15. The van der Waals surface area contributed by atoms with Crippen molar-refractivity contribution in [2.24, 2.45) is 0 Å². The fraction of sp³-hybridized carbons (Fsp3) is 0.318. The predicted octanol–water partition coefficient (Wildman–Crippen LogP) is 4.52. The molecule has 6 nitrogen and oxygen atoms in total. The van der Waals surface area contributed by atoms with E-state index >= 15 is 0 Å². The number of methoxy groups -OCH3 is 3. The minimum absolute atomic E-state index is 0.130. The largest absolute Gasteiger partial charge is 0.493 e. The first-order valence-corrected chi connectivity index (χ1v) is 9.02. The molecule has 0 aromatic heterocycles. The molecule has 6 heteroatoms. The van der Waals surface area contributed by atoms with Crippen molar-refractivity contribution in [3.63, 3.8) is 0 Å². The van der Waals surface area contributed by atoms with Crippen LogP contribution in [0, 0.1) is 0 Å². The molecule has 0 aliphatic heterocycles. The molecule has 0 amide bonds. The van der Waals surface area contributed by atoms with Crippen LogP contribution in [0.15, 0.2) is 36.4 Å². The lowest BCUT2D eigenvalue weighted by molar-refractivity contribution is -0.130. The van der Waals surface area contributed by atoms with E-state index in [1.807, 2.05) is 0 Å². The normalized spacial score (nSPS) is 11.1. The second-order valence-corrected chi connectivity index (χ2v) is 6.05. The third-order valence-corrected chi connectivity index (χ3v) is 4.18. The fourth-order valence-electron chi connectivity index (χ4n) is 2.66. The SMILES string of the molecule is CCCCOc1cc(/C=C(\C(=O)O)c2ccc(OC)c(OC)c2)ccc1OC. The van der Waals surface area contributed by atoms with E-state index in [-0.39, 0.29) is 5.57 Å². The molecule has 0 saturated heterocycles. The second-order valence-electron chi connectivity index (χ2n) is 6.05. The molecule has 1 N–H and O–H groups in total. The summed E-state index contributed by atoms with van der Waals surface area (Å²) < 4.78 is 21.6. The number of rotatable bonds is 10. The number of unbranched alkanes of at least 4 members (excludes halogenated alkanes) is 1. The van der Waals surface area contributed by atoms with E-state index in [0.717, 1.165) is 12.8 Å². The summed E-state index contributed by atoms with van der Waals surface area (Å²) in [5.41, 5.74) is 1.33. The molecule has 150 valence electrons. The summed E-state index contributed by atoms with van der Waals surface area (Å²) in [5, 5.41) is 9.73. The molecular formula is C22H26O6. The number of hydrogen-bond acceptors (Lipinski definition) is 5. The van der Waals surface area contributed by atoms with Gasteiger partial charge in [0.2, 0.25) is 0 Å². The van der Waals surface area contributed by atoms with Gasteiger partial charge in [0, 0.05) is 0 Å². The summed E-state index contributed by atoms with van der Waals surface area (Å²) in [6, 6.07) is 10.3. The molecule has 0 spiro atoms. The highest BCUT2D eigenvalue weighted by atomic mass is 16.5. The first-order chi connectivity index (χ1) is 13.5. The van der Waals surface area contributed by atoms with Crippen LogP contribution < -0.4 is 18.9 Å². The zero-order chi connectivity index (χ0) is 20.5. The summed E-state index contributed by atoms with van der Waals surface area (Å²) >= 11 is 0. The first-order valence-electron chi connectivity index (χ1n) is 9.02. The number of benzene rings is 2. The average molecular weight is 386 g/mol. The molecule has 2 rings (SSSR count). The lowest BCUT2D eigenvalue weighted by Crippen LogP contribution is -2.02. The minimum atomic E-state index is -1.04. The Hall–Kier alpha value is -3.15. The van der Waals surface area contributed by atoms with Crippen LogP contribution in [0.2, 0.25) is 0 Å². The smallest absolute Gasteiger partial charge is 0.336 e. The highest BCUT2D eigenvalue weighted by molar-refractivity contribution is 6.20. The first kappa shape index (κ1) is 21.2. The monoisotopic (exact) mass is 386 g/mol. The number of carboxylic acids is 1. The van der Waals surface area contributed by atoms with Gasteiger partial charge in [0.05, 0.1) is 33.5 Å². The van der Waals surface area contributed by atoms with Gasteiger partial charge in [-0.05, 0) is 47.9 Å². The minimum Gasteiger partial charge on any atom is -0.493 e. The zero-order valence-corrected chi connectivity index (χ0v) is 16.7. The number of hydrogen-bond donors (Lipinski definition) is 1. The molecular weight excluding hydrogens is 360 g/mol. The van der Waals surface area contributed by atoms with Gasteiger partial charge in [0.15, 0.2) is 23.0 Å². The lowest BCUT2D eigenvalue weighted by atomic mass is 10.0. The topological polar surface area (TPSA) is 74.2 Å². The zero-order valence-electron chi connectivity index (χ0n) is 16.7. The van der Waals surface area contributed by atoms with Crippen molar-refractivity contribution in [2.75, 3.05) is 27.9 Å². The summed E-state index contributed by atoms with van der Waals surface area (Å²) in [4.78, 5) is 11.9. The van der Waals surface area contributed by atoms with Gasteiger partial charge in [-0.3, -0.25) is 0 Å². The van der Waals surface area contributed by atoms with Crippen LogP contribution in [-0.4, -0.2) is 39.0 Å². The molecule has 0 unspecified atom stereocenters. The number of aliphatic carboxylic acids is 1. The van der Waals surface area contributed by atoms with Crippen molar-refractivity contribution in [3.8, 4) is 23.0 Å². The Bertz CT molecular complexity index is 841. The van der Waals surface area contributed by atoms with Crippen molar-refractivity contribution in [1.29, 1.82) is 0 Å². The Morgan fingerprint density at radius 2 is 1.57 bits per heavy atom. The van der Waals surface area contributed by atoms with Crippen LogP contribution in [0.1, 0.15) is 30.9 Å². The number of carbonyl (C=O) groups is 1. The van der Waals surface area contributed by atoms with Crippen LogP contribution in [-0.2, 0) is 4.79 Å². The molecule has 0 saturated carbocycles. The van der Waals surface area contributed by atoms with Gasteiger partial charge in [-0.1, -0.05) is 25.5 Å². The Balaban J connectivity index is 2.43. The third-order valence-electron chi connectivity index (χ3n) is 4.18. The predicted molar refractivity (Wildman–Crippen MR) is 108 cm³/mol. The van der Waals surface area contributed by atoms with E-state index in [2.05, 4.69) is 6.92 Å². The maximum absolute atomic E-state index is 11.9. The van der Waals surface area contributed by atoms with Gasteiger partial charge in [-0.15, -0.1) is 0 Å². The summed E-state index contributed by atoms with van der Waals surface area (Å²) in [5.74, 6) is 1.15. The maximum atomic E-state index is 11.9. The maximum Gasteiger partial charge on any atom is 0.336 e. The van der Waals surface area contributed by atoms with E-state index < -0.39 is 5.97 Å². The van der Waals surface area contributed by atoms with Gasteiger partial charge in [-0.2, -0.15) is 0 Å². The van der Waals surface area contributed by atoms with Crippen molar-refractivity contribution in [3.05, 3.63) is 47.5 Å². The molecule has 28 heavy (non-hydrogen) atoms. The molecule has 2 aromatic rings. The quantitative estimate of drug-likeness (QED) is 0.368. The average Bonchev–Trinajstić information content (AvgIpc) is 2.71. The van der Waals surface area contributed by atoms with Gasteiger partial charge in [0.25, 0.3) is 0 Å². The molecule has 0 bridgehead atoms. The van der Waals surface area contributed by atoms with E-state index in [4.69, 9.17) is 18.9 Å². The van der Waals surface area contributed by atoms with Gasteiger partial charge in [-0.25, -0.2) is 4.79 Å². The van der Waals surface area contributed by atoms with E-state index in [9.17, 15) is 9.90 Å². The van der Waals surface area contributed by atoms with Crippen molar-refractivity contribution in [1.82, 2.24) is 0 Å². The Morgan fingerprint density at radius 1 is 0.929 bits per heavy atom. The van der Waals surface area contributed by atoms with Crippen molar-refractivity contribution >= 4 is 17.6 Å². The number of carboxylic acid groups (broad SMARTS) is 1. The van der Waals surface area contributed by atoms with Crippen LogP contribution >= 0.6 is 0 Å². The Morgan fingerprint density at radius 3 is 2.18 bits per heavy atom. The van der Waals surface area contributed by atoms with Crippen LogP contribution in [0.4, 0.5) is 0 Å². The number of ether oxygens (including phenoxy) is 4. The summed E-state index contributed by atoms with van der Waals surface area (Å²) in [6.45, 7) is 2.66. The van der Waals surface area contributed by atoms with Crippen LogP contribution in [0.25, 0.3) is 11.6 Å². The Kier molecular flexibility index (Phi) is 7.75.